The zero-order valence-electron chi connectivity index (χ0n) is 11.4. The van der Waals surface area contributed by atoms with Crippen LogP contribution in [0.2, 0.25) is 0 Å². The maximum atomic E-state index is 12.5. The number of carbonyl (C=O) groups is 1. The van der Waals surface area contributed by atoms with Crippen molar-refractivity contribution in [2.45, 2.75) is 25.8 Å². The summed E-state index contributed by atoms with van der Waals surface area (Å²) in [5.74, 6) is 0.101. The first-order chi connectivity index (χ1) is 9.63. The highest BCUT2D eigenvalue weighted by atomic mass is 79.9. The van der Waals surface area contributed by atoms with Gasteiger partial charge in [-0.1, -0.05) is 6.07 Å². The highest BCUT2D eigenvalue weighted by molar-refractivity contribution is 9.11. The van der Waals surface area contributed by atoms with Gasteiger partial charge < -0.3 is 4.90 Å². The highest BCUT2D eigenvalue weighted by Gasteiger charge is 2.17. The second kappa shape index (κ2) is 5.70. The molecular formula is C16H16BrNOS. The van der Waals surface area contributed by atoms with Crippen molar-refractivity contribution in [3.8, 4) is 0 Å². The topological polar surface area (TPSA) is 20.3 Å². The Bertz CT molecular complexity index is 650. The molecule has 0 spiro atoms. The lowest BCUT2D eigenvalue weighted by Gasteiger charge is -2.17. The molecule has 0 saturated carbocycles. The minimum Gasteiger partial charge on any atom is -0.337 e. The van der Waals surface area contributed by atoms with E-state index in [-0.39, 0.29) is 5.91 Å². The summed E-state index contributed by atoms with van der Waals surface area (Å²) in [5, 5.41) is 0. The Morgan fingerprint density at radius 2 is 2.05 bits per heavy atom. The van der Waals surface area contributed by atoms with Crippen LogP contribution in [-0.4, -0.2) is 17.9 Å². The molecule has 0 fully saturated rings. The standard InChI is InChI=1S/C16H16BrNOS/c1-18(10-14-7-8-15(17)20-14)16(19)13-6-5-11-3-2-4-12(11)9-13/h5-9H,2-4,10H2,1H3. The zero-order valence-corrected chi connectivity index (χ0v) is 13.8. The summed E-state index contributed by atoms with van der Waals surface area (Å²) in [6.45, 7) is 0.659. The van der Waals surface area contributed by atoms with Crippen LogP contribution in [0.4, 0.5) is 0 Å². The van der Waals surface area contributed by atoms with E-state index in [0.717, 1.165) is 22.2 Å². The summed E-state index contributed by atoms with van der Waals surface area (Å²) in [6.07, 6.45) is 3.48. The summed E-state index contributed by atoms with van der Waals surface area (Å²) in [4.78, 5) is 15.4. The fourth-order valence-electron chi connectivity index (χ4n) is 2.67. The predicted molar refractivity (Wildman–Crippen MR) is 86.3 cm³/mol. The molecule has 2 aromatic rings. The third-order valence-electron chi connectivity index (χ3n) is 3.71. The van der Waals surface area contributed by atoms with E-state index in [9.17, 15) is 4.79 Å². The fraction of sp³-hybridized carbons (Fsp3) is 0.312. The predicted octanol–water partition coefficient (Wildman–Crippen LogP) is 4.27. The van der Waals surface area contributed by atoms with Crippen molar-refractivity contribution in [1.29, 1.82) is 0 Å². The lowest BCUT2D eigenvalue weighted by atomic mass is 10.1. The SMILES string of the molecule is CN(Cc1ccc(Br)s1)C(=O)c1ccc2c(c1)CCC2. The largest absolute Gasteiger partial charge is 0.337 e. The molecular weight excluding hydrogens is 334 g/mol. The van der Waals surface area contributed by atoms with Gasteiger partial charge in [0.2, 0.25) is 0 Å². The Labute approximate surface area is 131 Å². The zero-order chi connectivity index (χ0) is 14.1. The van der Waals surface area contributed by atoms with Crippen molar-refractivity contribution in [2.24, 2.45) is 0 Å². The van der Waals surface area contributed by atoms with Crippen LogP contribution in [0, 0.1) is 0 Å². The summed E-state index contributed by atoms with van der Waals surface area (Å²) >= 11 is 5.12. The van der Waals surface area contributed by atoms with Gasteiger partial charge >= 0.3 is 0 Å². The Morgan fingerprint density at radius 3 is 2.80 bits per heavy atom. The number of amides is 1. The van der Waals surface area contributed by atoms with Gasteiger partial charge in [-0.15, -0.1) is 11.3 Å². The van der Waals surface area contributed by atoms with E-state index in [1.807, 2.05) is 19.2 Å². The molecule has 0 bridgehead atoms. The van der Waals surface area contributed by atoms with Gasteiger partial charge in [0.05, 0.1) is 10.3 Å². The molecule has 4 heteroatoms. The molecule has 0 aliphatic heterocycles. The Balaban J connectivity index is 1.74. The Morgan fingerprint density at radius 1 is 1.25 bits per heavy atom. The van der Waals surface area contributed by atoms with E-state index in [0.29, 0.717) is 6.54 Å². The van der Waals surface area contributed by atoms with E-state index in [1.54, 1.807) is 16.2 Å². The molecule has 2 nitrogen and oxygen atoms in total. The van der Waals surface area contributed by atoms with Crippen LogP contribution in [0.25, 0.3) is 0 Å². The van der Waals surface area contributed by atoms with E-state index in [4.69, 9.17) is 0 Å². The van der Waals surface area contributed by atoms with Gasteiger partial charge in [0.15, 0.2) is 0 Å². The van der Waals surface area contributed by atoms with E-state index in [1.165, 1.54) is 22.4 Å². The van der Waals surface area contributed by atoms with Crippen LogP contribution in [0.3, 0.4) is 0 Å². The Hall–Kier alpha value is -1.13. The highest BCUT2D eigenvalue weighted by Crippen LogP contribution is 2.25. The minimum atomic E-state index is 0.101. The van der Waals surface area contributed by atoms with Crippen molar-refractivity contribution in [2.75, 3.05) is 7.05 Å². The van der Waals surface area contributed by atoms with E-state index >= 15 is 0 Å². The van der Waals surface area contributed by atoms with Crippen molar-refractivity contribution in [3.05, 3.63) is 55.7 Å². The first-order valence-electron chi connectivity index (χ1n) is 6.75. The molecule has 1 aromatic heterocycles. The molecule has 0 unspecified atom stereocenters. The third kappa shape index (κ3) is 2.81. The number of rotatable bonds is 3. The number of hydrogen-bond acceptors (Lipinski definition) is 2. The molecule has 0 atom stereocenters. The smallest absolute Gasteiger partial charge is 0.253 e. The molecule has 1 aliphatic carbocycles. The fourth-order valence-corrected chi connectivity index (χ4v) is 4.20. The lowest BCUT2D eigenvalue weighted by Crippen LogP contribution is -2.25. The van der Waals surface area contributed by atoms with Crippen LogP contribution in [0.15, 0.2) is 34.1 Å². The Kier molecular flexibility index (Phi) is 3.94. The molecule has 0 saturated heterocycles. The summed E-state index contributed by atoms with van der Waals surface area (Å²) in [6, 6.07) is 10.2. The van der Waals surface area contributed by atoms with Gasteiger partial charge in [-0.2, -0.15) is 0 Å². The summed E-state index contributed by atoms with van der Waals surface area (Å²) < 4.78 is 1.10. The number of halogens is 1. The van der Waals surface area contributed by atoms with Crippen LogP contribution in [-0.2, 0) is 19.4 Å². The minimum absolute atomic E-state index is 0.101. The number of carbonyl (C=O) groups excluding carboxylic acids is 1. The number of nitrogens with zero attached hydrogens (tertiary/aromatic N) is 1. The van der Waals surface area contributed by atoms with Crippen LogP contribution in [0.5, 0.6) is 0 Å². The van der Waals surface area contributed by atoms with E-state index < -0.39 is 0 Å². The molecule has 1 aromatic carbocycles. The van der Waals surface area contributed by atoms with Crippen molar-refractivity contribution in [1.82, 2.24) is 4.90 Å². The normalized spacial score (nSPS) is 13.3. The molecule has 1 amide bonds. The average molecular weight is 350 g/mol. The summed E-state index contributed by atoms with van der Waals surface area (Å²) in [5.41, 5.74) is 3.57. The first-order valence-corrected chi connectivity index (χ1v) is 8.36. The molecule has 20 heavy (non-hydrogen) atoms. The number of hydrogen-bond donors (Lipinski definition) is 0. The van der Waals surface area contributed by atoms with Crippen LogP contribution >= 0.6 is 27.3 Å². The maximum Gasteiger partial charge on any atom is 0.253 e. The van der Waals surface area contributed by atoms with Gasteiger partial charge in [-0.05, 0) is 70.6 Å². The monoisotopic (exact) mass is 349 g/mol. The van der Waals surface area contributed by atoms with Crippen LogP contribution in [0.1, 0.15) is 32.8 Å². The van der Waals surface area contributed by atoms with Crippen LogP contribution < -0.4 is 0 Å². The van der Waals surface area contributed by atoms with E-state index in [2.05, 4.69) is 34.1 Å². The molecule has 1 heterocycles. The van der Waals surface area contributed by atoms with Gasteiger partial charge in [-0.3, -0.25) is 4.79 Å². The second-order valence-electron chi connectivity index (χ2n) is 5.20. The number of benzene rings is 1. The molecule has 3 rings (SSSR count). The van der Waals surface area contributed by atoms with Crippen molar-refractivity contribution in [3.63, 3.8) is 0 Å². The maximum absolute atomic E-state index is 12.5. The van der Waals surface area contributed by atoms with Gasteiger partial charge in [0.1, 0.15) is 0 Å². The van der Waals surface area contributed by atoms with Crippen molar-refractivity contribution >= 4 is 33.2 Å². The second-order valence-corrected chi connectivity index (χ2v) is 7.75. The molecule has 0 radical (unpaired) electrons. The van der Waals surface area contributed by atoms with Gasteiger partial charge in [0, 0.05) is 17.5 Å². The molecule has 1 aliphatic rings. The number of fused-ring (bicyclic) bond motifs is 1. The first kappa shape index (κ1) is 13.8. The number of aryl methyl sites for hydroxylation is 2. The third-order valence-corrected chi connectivity index (χ3v) is 5.32. The lowest BCUT2D eigenvalue weighted by molar-refractivity contribution is 0.0786. The quantitative estimate of drug-likeness (QED) is 0.810. The van der Waals surface area contributed by atoms with Crippen molar-refractivity contribution < 1.29 is 4.79 Å². The average Bonchev–Trinajstić information content (AvgIpc) is 3.05. The van der Waals surface area contributed by atoms with Gasteiger partial charge in [0.25, 0.3) is 5.91 Å². The summed E-state index contributed by atoms with van der Waals surface area (Å²) in [7, 11) is 1.86. The molecule has 0 N–H and O–H groups in total. The molecule has 104 valence electrons. The number of thiophene rings is 1. The van der Waals surface area contributed by atoms with Gasteiger partial charge in [-0.25, -0.2) is 0 Å².